The molecule has 0 saturated carbocycles. The molecule has 0 aromatic heterocycles. The van der Waals surface area contributed by atoms with Gasteiger partial charge in [-0.2, -0.15) is 11.8 Å². The number of ketones is 1. The van der Waals surface area contributed by atoms with Gasteiger partial charge in [-0.3, -0.25) is 9.69 Å². The van der Waals surface area contributed by atoms with E-state index >= 15 is 0 Å². The Kier molecular flexibility index (Phi) is 4.46. The zero-order chi connectivity index (χ0) is 13.1. The van der Waals surface area contributed by atoms with Gasteiger partial charge in [0.2, 0.25) is 0 Å². The molecule has 0 aliphatic carbocycles. The van der Waals surface area contributed by atoms with Crippen LogP contribution in [0.15, 0.2) is 24.3 Å². The lowest BCUT2D eigenvalue weighted by Gasteiger charge is -2.36. The molecule has 1 aromatic carbocycles. The third-order valence-corrected chi connectivity index (χ3v) is 5.04. The molecule has 0 bridgehead atoms. The first-order valence-corrected chi connectivity index (χ1v) is 7.58. The predicted octanol–water partition coefficient (Wildman–Crippen LogP) is 3.00. The average molecular weight is 263 g/mol. The molecule has 0 spiro atoms. The van der Waals surface area contributed by atoms with Crippen molar-refractivity contribution in [1.29, 1.82) is 0 Å². The normalized spacial score (nSPS) is 25.1. The molecule has 18 heavy (non-hydrogen) atoms. The monoisotopic (exact) mass is 263 g/mol. The average Bonchev–Trinajstić information content (AvgIpc) is 2.35. The number of nitrogens with zero attached hydrogens (tertiary/aromatic N) is 1. The topological polar surface area (TPSA) is 20.3 Å². The Morgan fingerprint density at radius 1 is 1.44 bits per heavy atom. The Morgan fingerprint density at radius 2 is 2.22 bits per heavy atom. The minimum Gasteiger partial charge on any atom is -0.293 e. The summed E-state index contributed by atoms with van der Waals surface area (Å²) in [7, 11) is 0. The highest BCUT2D eigenvalue weighted by molar-refractivity contribution is 8.00. The Balaban J connectivity index is 2.03. The minimum atomic E-state index is 0.240. The van der Waals surface area contributed by atoms with Crippen LogP contribution in [-0.4, -0.2) is 40.8 Å². The quantitative estimate of drug-likeness (QED) is 0.782. The van der Waals surface area contributed by atoms with Crippen LogP contribution in [0.4, 0.5) is 0 Å². The van der Waals surface area contributed by atoms with Crippen molar-refractivity contribution in [3.05, 3.63) is 35.4 Å². The van der Waals surface area contributed by atoms with Crippen LogP contribution in [0.25, 0.3) is 0 Å². The van der Waals surface area contributed by atoms with Crippen molar-refractivity contribution in [1.82, 2.24) is 4.90 Å². The summed E-state index contributed by atoms with van der Waals surface area (Å²) in [6.07, 6.45) is 0. The SMILES string of the molecule is Cc1cccc(C(=O)CN2CCSC(C)C2C)c1. The van der Waals surface area contributed by atoms with E-state index in [0.717, 1.165) is 23.4 Å². The van der Waals surface area contributed by atoms with Crippen molar-refractivity contribution in [2.75, 3.05) is 18.8 Å². The lowest BCUT2D eigenvalue weighted by Crippen LogP contribution is -2.46. The minimum absolute atomic E-state index is 0.240. The number of carbonyl (C=O) groups is 1. The summed E-state index contributed by atoms with van der Waals surface area (Å²) in [6.45, 7) is 8.07. The van der Waals surface area contributed by atoms with Gasteiger partial charge in [-0.25, -0.2) is 0 Å². The standard InChI is InChI=1S/C15H21NOS/c1-11-5-4-6-14(9-11)15(17)10-16-7-8-18-13(3)12(16)2/h4-6,9,12-13H,7-8,10H2,1-3H3. The number of thioether (sulfide) groups is 1. The van der Waals surface area contributed by atoms with Gasteiger partial charge >= 0.3 is 0 Å². The molecule has 1 aliphatic rings. The molecule has 1 aromatic rings. The van der Waals surface area contributed by atoms with E-state index in [2.05, 4.69) is 18.7 Å². The third kappa shape index (κ3) is 3.15. The second-order valence-corrected chi connectivity index (χ2v) is 6.56. The van der Waals surface area contributed by atoms with Gasteiger partial charge in [-0.1, -0.05) is 30.7 Å². The van der Waals surface area contributed by atoms with Crippen molar-refractivity contribution in [3.63, 3.8) is 0 Å². The summed E-state index contributed by atoms with van der Waals surface area (Å²) in [5, 5.41) is 0.615. The van der Waals surface area contributed by atoms with Crippen LogP contribution in [0.1, 0.15) is 29.8 Å². The summed E-state index contributed by atoms with van der Waals surface area (Å²) in [4.78, 5) is 14.6. The molecule has 98 valence electrons. The molecular weight excluding hydrogens is 242 g/mol. The Bertz CT molecular complexity index is 432. The molecule has 1 aliphatic heterocycles. The molecule has 2 atom stereocenters. The van der Waals surface area contributed by atoms with Crippen LogP contribution in [0.3, 0.4) is 0 Å². The van der Waals surface area contributed by atoms with E-state index < -0.39 is 0 Å². The third-order valence-electron chi connectivity index (χ3n) is 3.70. The highest BCUT2D eigenvalue weighted by Gasteiger charge is 2.26. The number of Topliss-reactive ketones (excluding diaryl/α,β-unsaturated/α-hetero) is 1. The van der Waals surface area contributed by atoms with Crippen LogP contribution >= 0.6 is 11.8 Å². The van der Waals surface area contributed by atoms with Gasteiger partial charge < -0.3 is 0 Å². The summed E-state index contributed by atoms with van der Waals surface area (Å²) in [6, 6.07) is 8.37. The van der Waals surface area contributed by atoms with Gasteiger partial charge in [-0.05, 0) is 19.9 Å². The van der Waals surface area contributed by atoms with Crippen LogP contribution in [0.5, 0.6) is 0 Å². The molecule has 0 N–H and O–H groups in total. The Labute approximate surface area is 114 Å². The second kappa shape index (κ2) is 5.89. The van der Waals surface area contributed by atoms with Crippen LogP contribution in [0.2, 0.25) is 0 Å². The van der Waals surface area contributed by atoms with Gasteiger partial charge in [0, 0.05) is 29.2 Å². The molecule has 1 heterocycles. The van der Waals surface area contributed by atoms with E-state index in [1.165, 1.54) is 0 Å². The highest BCUT2D eigenvalue weighted by atomic mass is 32.2. The summed E-state index contributed by atoms with van der Waals surface area (Å²) < 4.78 is 0. The van der Waals surface area contributed by atoms with Gasteiger partial charge in [0.05, 0.1) is 6.54 Å². The lowest BCUT2D eigenvalue weighted by molar-refractivity contribution is 0.0902. The van der Waals surface area contributed by atoms with Gasteiger partial charge in [0.25, 0.3) is 0 Å². The predicted molar refractivity (Wildman–Crippen MR) is 78.5 cm³/mol. The molecule has 2 nitrogen and oxygen atoms in total. The fourth-order valence-corrected chi connectivity index (χ4v) is 3.48. The molecule has 2 unspecified atom stereocenters. The first kappa shape index (κ1) is 13.6. The summed E-state index contributed by atoms with van der Waals surface area (Å²) >= 11 is 2.00. The van der Waals surface area contributed by atoms with E-state index in [4.69, 9.17) is 0 Å². The van der Waals surface area contributed by atoms with Crippen LogP contribution in [-0.2, 0) is 0 Å². The van der Waals surface area contributed by atoms with Crippen molar-refractivity contribution in [2.24, 2.45) is 0 Å². The van der Waals surface area contributed by atoms with Crippen LogP contribution in [0, 0.1) is 6.92 Å². The van der Waals surface area contributed by atoms with Gasteiger partial charge in [0.15, 0.2) is 5.78 Å². The smallest absolute Gasteiger partial charge is 0.176 e. The molecule has 3 heteroatoms. The van der Waals surface area contributed by atoms with E-state index in [-0.39, 0.29) is 5.78 Å². The largest absolute Gasteiger partial charge is 0.293 e. The van der Waals surface area contributed by atoms with Crippen molar-refractivity contribution in [2.45, 2.75) is 32.1 Å². The summed E-state index contributed by atoms with van der Waals surface area (Å²) in [5.74, 6) is 1.37. The zero-order valence-electron chi connectivity index (χ0n) is 11.3. The molecule has 1 saturated heterocycles. The molecular formula is C15H21NOS. The maximum atomic E-state index is 12.3. The molecule has 1 fully saturated rings. The first-order chi connectivity index (χ1) is 8.58. The number of hydrogen-bond donors (Lipinski definition) is 0. The number of benzene rings is 1. The van der Waals surface area contributed by atoms with Crippen molar-refractivity contribution < 1.29 is 4.79 Å². The van der Waals surface area contributed by atoms with Crippen LogP contribution < -0.4 is 0 Å². The van der Waals surface area contributed by atoms with Gasteiger partial charge in [0.1, 0.15) is 0 Å². The Morgan fingerprint density at radius 3 is 2.94 bits per heavy atom. The first-order valence-electron chi connectivity index (χ1n) is 6.53. The lowest BCUT2D eigenvalue weighted by atomic mass is 10.1. The van der Waals surface area contributed by atoms with E-state index in [1.807, 2.05) is 43.0 Å². The van der Waals surface area contributed by atoms with E-state index in [1.54, 1.807) is 0 Å². The zero-order valence-corrected chi connectivity index (χ0v) is 12.2. The van der Waals surface area contributed by atoms with Crippen molar-refractivity contribution >= 4 is 17.5 Å². The molecule has 0 radical (unpaired) electrons. The number of hydrogen-bond acceptors (Lipinski definition) is 3. The maximum absolute atomic E-state index is 12.3. The second-order valence-electron chi connectivity index (χ2n) is 5.08. The van der Waals surface area contributed by atoms with Crippen molar-refractivity contribution in [3.8, 4) is 0 Å². The highest BCUT2D eigenvalue weighted by Crippen LogP contribution is 2.24. The molecule has 2 rings (SSSR count). The maximum Gasteiger partial charge on any atom is 0.176 e. The Hall–Kier alpha value is -0.800. The van der Waals surface area contributed by atoms with E-state index in [0.29, 0.717) is 17.8 Å². The van der Waals surface area contributed by atoms with Gasteiger partial charge in [-0.15, -0.1) is 0 Å². The van der Waals surface area contributed by atoms with E-state index in [9.17, 15) is 4.79 Å². The fourth-order valence-electron chi connectivity index (χ4n) is 2.31. The number of rotatable bonds is 3. The number of carbonyl (C=O) groups excluding carboxylic acids is 1. The fraction of sp³-hybridized carbons (Fsp3) is 0.533. The molecule has 0 amide bonds. The summed E-state index contributed by atoms with van der Waals surface area (Å²) in [5.41, 5.74) is 1.99. The number of aryl methyl sites for hydroxylation is 1.